The Morgan fingerprint density at radius 2 is 1.74 bits per heavy atom. The van der Waals surface area contributed by atoms with E-state index >= 15 is 0 Å². The van der Waals surface area contributed by atoms with Crippen LogP contribution in [0.5, 0.6) is 0 Å². The van der Waals surface area contributed by atoms with Crippen LogP contribution >= 0.6 is 0 Å². The predicted octanol–water partition coefficient (Wildman–Crippen LogP) is 4.23. The summed E-state index contributed by atoms with van der Waals surface area (Å²) in [7, 11) is 0. The number of hydrogen-bond acceptors (Lipinski definition) is 1. The van der Waals surface area contributed by atoms with E-state index in [-0.39, 0.29) is 0 Å². The monoisotopic (exact) mass is 244 g/mol. The van der Waals surface area contributed by atoms with Crippen LogP contribution in [0.25, 0.3) is 22.6 Å². The molecule has 0 radical (unpaired) electrons. The zero-order chi connectivity index (χ0) is 13.1. The van der Waals surface area contributed by atoms with Gasteiger partial charge in [-0.05, 0) is 17.7 Å². The Labute approximate surface area is 111 Å². The van der Waals surface area contributed by atoms with Gasteiger partial charge in [0.15, 0.2) is 0 Å². The minimum Gasteiger partial charge on any atom is -0.361 e. The molecule has 19 heavy (non-hydrogen) atoms. The van der Waals surface area contributed by atoms with Crippen LogP contribution in [0.1, 0.15) is 11.1 Å². The van der Waals surface area contributed by atoms with Gasteiger partial charge in [-0.3, -0.25) is 0 Å². The van der Waals surface area contributed by atoms with E-state index in [9.17, 15) is 5.26 Å². The van der Waals surface area contributed by atoms with E-state index in [2.05, 4.69) is 17.1 Å². The first-order valence-electron chi connectivity index (χ1n) is 6.12. The second-order valence-corrected chi connectivity index (χ2v) is 4.33. The molecule has 2 heteroatoms. The van der Waals surface area contributed by atoms with Crippen LogP contribution in [-0.2, 0) is 0 Å². The second kappa shape index (κ2) is 4.83. The molecule has 2 nitrogen and oxygen atoms in total. The summed E-state index contributed by atoms with van der Waals surface area (Å²) in [6.07, 6.45) is 3.86. The first-order valence-corrected chi connectivity index (χ1v) is 6.12. The summed E-state index contributed by atoms with van der Waals surface area (Å²) in [6, 6.07) is 20.1. The Kier molecular flexibility index (Phi) is 2.88. The van der Waals surface area contributed by atoms with E-state index in [1.807, 2.05) is 60.8 Å². The molecule has 0 saturated heterocycles. The highest BCUT2D eigenvalue weighted by Crippen LogP contribution is 2.23. The molecule has 90 valence electrons. The maximum absolute atomic E-state index is 9.32. The summed E-state index contributed by atoms with van der Waals surface area (Å²) in [5.74, 6) is 0. The third-order valence-corrected chi connectivity index (χ3v) is 3.13. The number of para-hydroxylation sites is 1. The van der Waals surface area contributed by atoms with E-state index in [4.69, 9.17) is 0 Å². The molecule has 0 amide bonds. The van der Waals surface area contributed by atoms with Gasteiger partial charge in [0.05, 0.1) is 11.6 Å². The number of fused-ring (bicyclic) bond motifs is 1. The van der Waals surface area contributed by atoms with Crippen molar-refractivity contribution in [1.29, 1.82) is 5.26 Å². The molecule has 0 spiro atoms. The van der Waals surface area contributed by atoms with Crippen molar-refractivity contribution in [2.24, 2.45) is 0 Å². The lowest BCUT2D eigenvalue weighted by Gasteiger charge is -1.98. The summed E-state index contributed by atoms with van der Waals surface area (Å²) in [5, 5.41) is 10.5. The van der Waals surface area contributed by atoms with Gasteiger partial charge >= 0.3 is 0 Å². The summed E-state index contributed by atoms with van der Waals surface area (Å²) in [5.41, 5.74) is 3.73. The smallest absolute Gasteiger partial charge is 0.0998 e. The quantitative estimate of drug-likeness (QED) is 0.673. The molecule has 0 aliphatic carbocycles. The second-order valence-electron chi connectivity index (χ2n) is 4.33. The van der Waals surface area contributed by atoms with Crippen molar-refractivity contribution in [3.8, 4) is 6.07 Å². The van der Waals surface area contributed by atoms with Crippen LogP contribution in [0.2, 0.25) is 0 Å². The molecule has 1 aromatic heterocycles. The molecule has 0 unspecified atom stereocenters. The van der Waals surface area contributed by atoms with Crippen molar-refractivity contribution < 1.29 is 0 Å². The van der Waals surface area contributed by atoms with Gasteiger partial charge in [0, 0.05) is 22.7 Å². The highest BCUT2D eigenvalue weighted by molar-refractivity contribution is 5.97. The maximum Gasteiger partial charge on any atom is 0.0998 e. The fraction of sp³-hybridized carbons (Fsp3) is 0. The van der Waals surface area contributed by atoms with Gasteiger partial charge in [-0.2, -0.15) is 5.26 Å². The van der Waals surface area contributed by atoms with Crippen molar-refractivity contribution in [3.63, 3.8) is 0 Å². The van der Waals surface area contributed by atoms with Crippen molar-refractivity contribution in [2.45, 2.75) is 0 Å². The molecule has 3 rings (SSSR count). The fourth-order valence-corrected chi connectivity index (χ4v) is 2.17. The zero-order valence-corrected chi connectivity index (χ0v) is 10.3. The van der Waals surface area contributed by atoms with Gasteiger partial charge in [-0.1, -0.05) is 48.5 Å². The first kappa shape index (κ1) is 11.3. The summed E-state index contributed by atoms with van der Waals surface area (Å²) in [4.78, 5) is 3.22. The highest BCUT2D eigenvalue weighted by atomic mass is 14.7. The number of allylic oxidation sites excluding steroid dienone is 1. The minimum absolute atomic E-state index is 0.672. The number of nitrogens with one attached hydrogen (secondary N) is 1. The first-order chi connectivity index (χ1) is 9.38. The molecule has 1 N–H and O–H groups in total. The number of H-pyrrole nitrogens is 1. The average Bonchev–Trinajstić information content (AvgIpc) is 2.89. The highest BCUT2D eigenvalue weighted by Gasteiger charge is 2.04. The predicted molar refractivity (Wildman–Crippen MR) is 78.2 cm³/mol. The number of nitriles is 1. The van der Waals surface area contributed by atoms with Gasteiger partial charge < -0.3 is 4.98 Å². The van der Waals surface area contributed by atoms with E-state index in [1.165, 1.54) is 0 Å². The van der Waals surface area contributed by atoms with Crippen molar-refractivity contribution in [2.75, 3.05) is 0 Å². The van der Waals surface area contributed by atoms with Crippen LogP contribution in [0.4, 0.5) is 0 Å². The van der Waals surface area contributed by atoms with Gasteiger partial charge in [-0.15, -0.1) is 0 Å². The fourth-order valence-electron chi connectivity index (χ4n) is 2.17. The molecule has 3 aromatic rings. The Morgan fingerprint density at radius 3 is 2.53 bits per heavy atom. The number of hydrogen-bond donors (Lipinski definition) is 1. The maximum atomic E-state index is 9.32. The van der Waals surface area contributed by atoms with Crippen LogP contribution in [0.3, 0.4) is 0 Å². The number of benzene rings is 2. The largest absolute Gasteiger partial charge is 0.361 e. The molecule has 0 bridgehead atoms. The van der Waals surface area contributed by atoms with Crippen molar-refractivity contribution >= 4 is 22.6 Å². The molecule has 1 heterocycles. The molecule has 0 atom stereocenters. The van der Waals surface area contributed by atoms with Crippen LogP contribution in [0, 0.1) is 11.3 Å². The van der Waals surface area contributed by atoms with Gasteiger partial charge in [0.1, 0.15) is 0 Å². The summed E-state index contributed by atoms with van der Waals surface area (Å²) in [6.45, 7) is 0. The molecular formula is C17H12N2. The molecule has 0 aliphatic rings. The van der Waals surface area contributed by atoms with E-state index in [1.54, 1.807) is 0 Å². The SMILES string of the molecule is N#C/C(=C/c1c[nH]c2ccccc12)c1ccccc1. The number of aromatic nitrogens is 1. The Morgan fingerprint density at radius 1 is 1.00 bits per heavy atom. The van der Waals surface area contributed by atoms with E-state index < -0.39 is 0 Å². The third-order valence-electron chi connectivity index (χ3n) is 3.13. The normalized spacial score (nSPS) is 11.4. The molecular weight excluding hydrogens is 232 g/mol. The topological polar surface area (TPSA) is 39.6 Å². The summed E-state index contributed by atoms with van der Waals surface area (Å²) >= 11 is 0. The van der Waals surface area contributed by atoms with E-state index in [0.29, 0.717) is 5.57 Å². The standard InChI is InChI=1S/C17H12N2/c18-11-14(13-6-2-1-3-7-13)10-15-12-19-17-9-5-4-8-16(15)17/h1-10,12,19H/b14-10-. The van der Waals surface area contributed by atoms with Gasteiger partial charge in [0.25, 0.3) is 0 Å². The Bertz CT molecular complexity index is 774. The van der Waals surface area contributed by atoms with E-state index in [0.717, 1.165) is 22.0 Å². The Balaban J connectivity index is 2.12. The lowest BCUT2D eigenvalue weighted by Crippen LogP contribution is -1.80. The number of rotatable bonds is 2. The third kappa shape index (κ3) is 2.14. The van der Waals surface area contributed by atoms with Crippen molar-refractivity contribution in [1.82, 2.24) is 4.98 Å². The van der Waals surface area contributed by atoms with Gasteiger partial charge in [-0.25, -0.2) is 0 Å². The number of aromatic amines is 1. The molecule has 0 fully saturated rings. The minimum atomic E-state index is 0.672. The molecule has 0 saturated carbocycles. The lowest BCUT2D eigenvalue weighted by molar-refractivity contribution is 1.47. The van der Waals surface area contributed by atoms with Crippen molar-refractivity contribution in [3.05, 3.63) is 71.9 Å². The van der Waals surface area contributed by atoms with Crippen LogP contribution < -0.4 is 0 Å². The number of nitrogens with zero attached hydrogens (tertiary/aromatic N) is 1. The van der Waals surface area contributed by atoms with Gasteiger partial charge in [0.2, 0.25) is 0 Å². The Hall–Kier alpha value is -2.79. The summed E-state index contributed by atoms with van der Waals surface area (Å²) < 4.78 is 0. The van der Waals surface area contributed by atoms with Crippen LogP contribution in [0.15, 0.2) is 60.8 Å². The zero-order valence-electron chi connectivity index (χ0n) is 10.3. The molecule has 2 aromatic carbocycles. The van der Waals surface area contributed by atoms with Crippen LogP contribution in [-0.4, -0.2) is 4.98 Å². The average molecular weight is 244 g/mol. The molecule has 0 aliphatic heterocycles. The lowest BCUT2D eigenvalue weighted by atomic mass is 10.0.